The van der Waals surface area contributed by atoms with Crippen LogP contribution in [0.4, 0.5) is 0 Å². The van der Waals surface area contributed by atoms with Gasteiger partial charge in [-0.15, -0.1) is 0 Å². The number of benzene rings is 1. The van der Waals surface area contributed by atoms with Crippen molar-refractivity contribution in [2.75, 3.05) is 27.3 Å². The summed E-state index contributed by atoms with van der Waals surface area (Å²) >= 11 is 0. The van der Waals surface area contributed by atoms with Gasteiger partial charge >= 0.3 is 0 Å². The summed E-state index contributed by atoms with van der Waals surface area (Å²) in [5, 5.41) is 6.98. The summed E-state index contributed by atoms with van der Waals surface area (Å²) in [5.41, 5.74) is 4.08. The Kier molecular flexibility index (Phi) is 2.68. The standard InChI is InChI=1S/C13H18N2O2/c1-16-11-5-8-3-4-15-10-7-14-6-9(12(8)10)13(11)17-2/h5,10,14-15H,3-4,6-7H2,1-2H3. The van der Waals surface area contributed by atoms with E-state index in [1.54, 1.807) is 14.2 Å². The summed E-state index contributed by atoms with van der Waals surface area (Å²) in [6.45, 7) is 2.89. The van der Waals surface area contributed by atoms with Crippen molar-refractivity contribution in [1.82, 2.24) is 10.6 Å². The highest BCUT2D eigenvalue weighted by Gasteiger charge is 2.30. The van der Waals surface area contributed by atoms with E-state index in [1.165, 1.54) is 16.7 Å². The fourth-order valence-electron chi connectivity index (χ4n) is 2.96. The van der Waals surface area contributed by atoms with Gasteiger partial charge in [0.1, 0.15) is 0 Å². The van der Waals surface area contributed by atoms with Crippen molar-refractivity contribution in [3.05, 3.63) is 22.8 Å². The van der Waals surface area contributed by atoms with Crippen LogP contribution in [0.5, 0.6) is 11.5 Å². The van der Waals surface area contributed by atoms with Gasteiger partial charge in [0.05, 0.1) is 14.2 Å². The van der Waals surface area contributed by atoms with Gasteiger partial charge in [-0.3, -0.25) is 0 Å². The van der Waals surface area contributed by atoms with E-state index in [-0.39, 0.29) is 0 Å². The Morgan fingerprint density at radius 2 is 2.18 bits per heavy atom. The fourth-order valence-corrected chi connectivity index (χ4v) is 2.96. The lowest BCUT2D eigenvalue weighted by Crippen LogP contribution is -2.41. The van der Waals surface area contributed by atoms with E-state index in [0.29, 0.717) is 6.04 Å². The lowest BCUT2D eigenvalue weighted by atomic mass is 9.86. The molecule has 1 aromatic carbocycles. The highest BCUT2D eigenvalue weighted by molar-refractivity contribution is 5.57. The smallest absolute Gasteiger partial charge is 0.165 e. The molecule has 0 aliphatic carbocycles. The van der Waals surface area contributed by atoms with Gasteiger partial charge in [-0.2, -0.15) is 0 Å². The van der Waals surface area contributed by atoms with Crippen LogP contribution in [0.3, 0.4) is 0 Å². The second-order valence-corrected chi connectivity index (χ2v) is 4.55. The predicted molar refractivity (Wildman–Crippen MR) is 65.7 cm³/mol. The Morgan fingerprint density at radius 3 is 2.94 bits per heavy atom. The molecule has 0 spiro atoms. The van der Waals surface area contributed by atoms with Gasteiger partial charge in [-0.05, 0) is 30.2 Å². The molecule has 4 nitrogen and oxygen atoms in total. The van der Waals surface area contributed by atoms with Crippen molar-refractivity contribution in [2.24, 2.45) is 0 Å². The summed E-state index contributed by atoms with van der Waals surface area (Å²) in [6, 6.07) is 2.55. The maximum absolute atomic E-state index is 5.51. The molecule has 2 aliphatic rings. The van der Waals surface area contributed by atoms with E-state index in [0.717, 1.165) is 37.6 Å². The predicted octanol–water partition coefficient (Wildman–Crippen LogP) is 0.994. The molecule has 3 rings (SSSR count). The Balaban J connectivity index is 2.22. The molecule has 2 N–H and O–H groups in total. The first-order chi connectivity index (χ1) is 8.35. The number of methoxy groups -OCH3 is 2. The van der Waals surface area contributed by atoms with Gasteiger partial charge in [-0.1, -0.05) is 0 Å². The largest absolute Gasteiger partial charge is 0.493 e. The Bertz CT molecular complexity index is 444. The second kappa shape index (κ2) is 4.20. The number of hydrogen-bond acceptors (Lipinski definition) is 4. The zero-order chi connectivity index (χ0) is 11.8. The van der Waals surface area contributed by atoms with Crippen molar-refractivity contribution in [1.29, 1.82) is 0 Å². The molecule has 4 heteroatoms. The van der Waals surface area contributed by atoms with Crippen molar-refractivity contribution in [2.45, 2.75) is 19.0 Å². The van der Waals surface area contributed by atoms with Crippen LogP contribution in [-0.4, -0.2) is 27.3 Å². The highest BCUT2D eigenvalue weighted by atomic mass is 16.5. The van der Waals surface area contributed by atoms with Crippen LogP contribution in [0, 0.1) is 0 Å². The van der Waals surface area contributed by atoms with E-state index in [2.05, 4.69) is 16.7 Å². The molecule has 2 aliphatic heterocycles. The zero-order valence-corrected chi connectivity index (χ0v) is 10.3. The van der Waals surface area contributed by atoms with Gasteiger partial charge in [0.15, 0.2) is 11.5 Å². The monoisotopic (exact) mass is 234 g/mol. The van der Waals surface area contributed by atoms with E-state index >= 15 is 0 Å². The zero-order valence-electron chi connectivity index (χ0n) is 10.3. The molecule has 1 aromatic rings. The molecular weight excluding hydrogens is 216 g/mol. The Hall–Kier alpha value is -1.26. The minimum Gasteiger partial charge on any atom is -0.493 e. The van der Waals surface area contributed by atoms with E-state index < -0.39 is 0 Å². The molecule has 1 unspecified atom stereocenters. The highest BCUT2D eigenvalue weighted by Crippen LogP contribution is 2.41. The summed E-state index contributed by atoms with van der Waals surface area (Å²) in [7, 11) is 3.41. The van der Waals surface area contributed by atoms with Crippen LogP contribution in [-0.2, 0) is 13.0 Å². The van der Waals surface area contributed by atoms with E-state index in [9.17, 15) is 0 Å². The third-order valence-corrected chi connectivity index (χ3v) is 3.68. The molecule has 0 saturated carbocycles. The van der Waals surface area contributed by atoms with Crippen molar-refractivity contribution >= 4 is 0 Å². The van der Waals surface area contributed by atoms with Gasteiger partial charge < -0.3 is 20.1 Å². The third kappa shape index (κ3) is 1.59. The molecule has 92 valence electrons. The lowest BCUT2D eigenvalue weighted by Gasteiger charge is -2.34. The van der Waals surface area contributed by atoms with Crippen LogP contribution in [0.25, 0.3) is 0 Å². The molecule has 0 bridgehead atoms. The van der Waals surface area contributed by atoms with Gasteiger partial charge in [0.2, 0.25) is 0 Å². The summed E-state index contributed by atoms with van der Waals surface area (Å²) in [5.74, 6) is 1.73. The van der Waals surface area contributed by atoms with Crippen LogP contribution in [0.2, 0.25) is 0 Å². The number of ether oxygens (including phenoxy) is 2. The number of rotatable bonds is 2. The molecule has 17 heavy (non-hydrogen) atoms. The molecule has 2 heterocycles. The van der Waals surface area contributed by atoms with Crippen molar-refractivity contribution in [3.63, 3.8) is 0 Å². The molecule has 0 fully saturated rings. The molecule has 0 aromatic heterocycles. The summed E-state index contributed by atoms with van der Waals surface area (Å²) in [6.07, 6.45) is 1.07. The third-order valence-electron chi connectivity index (χ3n) is 3.68. The average Bonchev–Trinajstić information content (AvgIpc) is 2.39. The lowest BCUT2D eigenvalue weighted by molar-refractivity contribution is 0.341. The molecule has 0 saturated heterocycles. The van der Waals surface area contributed by atoms with Crippen molar-refractivity contribution < 1.29 is 9.47 Å². The van der Waals surface area contributed by atoms with E-state index in [4.69, 9.17) is 9.47 Å². The molecular formula is C13H18N2O2. The first-order valence-electron chi connectivity index (χ1n) is 6.06. The SMILES string of the molecule is COc1cc2c3c(c1OC)CNCC3NCC2. The average molecular weight is 234 g/mol. The van der Waals surface area contributed by atoms with E-state index in [1.807, 2.05) is 0 Å². The minimum atomic E-state index is 0.419. The number of nitrogens with one attached hydrogen (secondary N) is 2. The molecule has 0 amide bonds. The first kappa shape index (κ1) is 10.9. The normalized spacial score (nSPS) is 21.9. The van der Waals surface area contributed by atoms with Crippen LogP contribution < -0.4 is 20.1 Å². The van der Waals surface area contributed by atoms with Gasteiger partial charge in [0, 0.05) is 24.7 Å². The maximum atomic E-state index is 5.51. The van der Waals surface area contributed by atoms with Gasteiger partial charge in [-0.25, -0.2) is 0 Å². The fraction of sp³-hybridized carbons (Fsp3) is 0.538. The maximum Gasteiger partial charge on any atom is 0.165 e. The Morgan fingerprint density at radius 1 is 1.29 bits per heavy atom. The van der Waals surface area contributed by atoms with Crippen LogP contribution in [0.15, 0.2) is 6.07 Å². The van der Waals surface area contributed by atoms with Crippen LogP contribution in [0.1, 0.15) is 22.7 Å². The van der Waals surface area contributed by atoms with Crippen molar-refractivity contribution in [3.8, 4) is 11.5 Å². The molecule has 0 radical (unpaired) electrons. The topological polar surface area (TPSA) is 42.5 Å². The quantitative estimate of drug-likeness (QED) is 0.801. The first-order valence-corrected chi connectivity index (χ1v) is 6.06. The summed E-state index contributed by atoms with van der Waals surface area (Å²) < 4.78 is 10.9. The molecule has 1 atom stereocenters. The Labute approximate surface area is 101 Å². The minimum absolute atomic E-state index is 0.419. The second-order valence-electron chi connectivity index (χ2n) is 4.55. The van der Waals surface area contributed by atoms with Gasteiger partial charge in [0.25, 0.3) is 0 Å². The summed E-state index contributed by atoms with van der Waals surface area (Å²) in [4.78, 5) is 0. The van der Waals surface area contributed by atoms with Crippen LogP contribution >= 0.6 is 0 Å². The number of hydrogen-bond donors (Lipinski definition) is 2.